The summed E-state index contributed by atoms with van der Waals surface area (Å²) in [6, 6.07) is -0.493. The van der Waals surface area contributed by atoms with Crippen LogP contribution in [0, 0.1) is 0 Å². The summed E-state index contributed by atoms with van der Waals surface area (Å²) in [5.74, 6) is -1.03. The molecular formula is C16H21N5O4S. The smallest absolute Gasteiger partial charge is 0.319 e. The van der Waals surface area contributed by atoms with Crippen LogP contribution in [0.4, 0.5) is 9.80 Å². The number of nitrogens with two attached hydrogens (primary N) is 2. The van der Waals surface area contributed by atoms with E-state index in [0.717, 1.165) is 22.8 Å². The van der Waals surface area contributed by atoms with Crippen molar-refractivity contribution in [3.05, 3.63) is 29.1 Å². The molecule has 0 unspecified atom stereocenters. The molecular weight excluding hydrogens is 358 g/mol. The highest BCUT2D eigenvalue weighted by molar-refractivity contribution is 7.11. The summed E-state index contributed by atoms with van der Waals surface area (Å²) in [5.41, 5.74) is 13.5. The fourth-order valence-electron chi connectivity index (χ4n) is 2.31. The number of nitrogens with one attached hydrogen (secondary N) is 2. The van der Waals surface area contributed by atoms with Crippen molar-refractivity contribution in [3.8, 4) is 0 Å². The molecule has 0 aromatic carbocycles. The third-order valence-electron chi connectivity index (χ3n) is 3.56. The predicted octanol–water partition coefficient (Wildman–Crippen LogP) is 1.34. The molecule has 0 saturated carbocycles. The maximum Gasteiger partial charge on any atom is 0.319 e. The van der Waals surface area contributed by atoms with E-state index in [2.05, 4.69) is 15.0 Å². The molecule has 1 aromatic heterocycles. The number of ether oxygens (including phenoxy) is 1. The number of aromatic nitrogens is 1. The Bertz CT molecular complexity index is 769. The van der Waals surface area contributed by atoms with Gasteiger partial charge in [-0.15, -0.1) is 0 Å². The zero-order chi connectivity index (χ0) is 19.1. The number of rotatable bonds is 7. The van der Waals surface area contributed by atoms with Crippen LogP contribution in [0.1, 0.15) is 42.2 Å². The fraction of sp³-hybridized carbons (Fsp3) is 0.375. The van der Waals surface area contributed by atoms with E-state index in [-0.39, 0.29) is 23.1 Å². The highest BCUT2D eigenvalue weighted by atomic mass is 32.1. The van der Waals surface area contributed by atoms with E-state index in [1.165, 1.54) is 6.92 Å². The molecule has 1 heterocycles. The SMILES string of the molecule is CC(=O)OCCCNC(=O)Nc1snc(C2=CC=C(N)CC2)c1C(N)=O. The lowest BCUT2D eigenvalue weighted by atomic mass is 9.97. The second-order valence-electron chi connectivity index (χ2n) is 5.61. The highest BCUT2D eigenvalue weighted by Gasteiger charge is 2.23. The Morgan fingerprint density at radius 2 is 2.08 bits per heavy atom. The van der Waals surface area contributed by atoms with Crippen molar-refractivity contribution in [1.82, 2.24) is 9.69 Å². The van der Waals surface area contributed by atoms with Gasteiger partial charge in [-0.25, -0.2) is 4.79 Å². The van der Waals surface area contributed by atoms with Gasteiger partial charge >= 0.3 is 12.0 Å². The lowest BCUT2D eigenvalue weighted by Gasteiger charge is -2.11. The van der Waals surface area contributed by atoms with Crippen LogP contribution in [-0.4, -0.2) is 35.4 Å². The third-order valence-corrected chi connectivity index (χ3v) is 4.33. The number of allylic oxidation sites excluding steroid dienone is 4. The minimum atomic E-state index is -0.665. The second-order valence-corrected chi connectivity index (χ2v) is 6.38. The van der Waals surface area contributed by atoms with Gasteiger partial charge in [0.05, 0.1) is 12.3 Å². The number of esters is 1. The molecule has 0 fully saturated rings. The van der Waals surface area contributed by atoms with Crippen molar-refractivity contribution >= 4 is 40.0 Å². The minimum Gasteiger partial charge on any atom is -0.466 e. The van der Waals surface area contributed by atoms with Crippen molar-refractivity contribution in [2.24, 2.45) is 11.5 Å². The van der Waals surface area contributed by atoms with Crippen molar-refractivity contribution in [2.75, 3.05) is 18.5 Å². The molecule has 6 N–H and O–H groups in total. The van der Waals surface area contributed by atoms with Gasteiger partial charge < -0.3 is 21.5 Å². The van der Waals surface area contributed by atoms with Crippen molar-refractivity contribution < 1.29 is 19.1 Å². The van der Waals surface area contributed by atoms with Crippen LogP contribution in [0.2, 0.25) is 0 Å². The molecule has 1 aromatic rings. The summed E-state index contributed by atoms with van der Waals surface area (Å²) in [6.07, 6.45) is 5.37. The van der Waals surface area contributed by atoms with Gasteiger partial charge in [-0.05, 0) is 42.4 Å². The van der Waals surface area contributed by atoms with Crippen molar-refractivity contribution in [3.63, 3.8) is 0 Å². The average molecular weight is 379 g/mol. The zero-order valence-electron chi connectivity index (χ0n) is 14.3. The first kappa shape index (κ1) is 19.4. The first-order valence-electron chi connectivity index (χ1n) is 8.01. The van der Waals surface area contributed by atoms with Gasteiger partial charge in [0, 0.05) is 19.2 Å². The average Bonchev–Trinajstić information content (AvgIpc) is 2.98. The molecule has 1 aliphatic carbocycles. The molecule has 0 bridgehead atoms. The minimum absolute atomic E-state index is 0.185. The van der Waals surface area contributed by atoms with Gasteiger partial charge in [0.1, 0.15) is 10.6 Å². The molecule has 0 saturated heterocycles. The van der Waals surface area contributed by atoms with E-state index < -0.39 is 11.9 Å². The predicted molar refractivity (Wildman–Crippen MR) is 98.4 cm³/mol. The molecule has 10 heteroatoms. The molecule has 1 aliphatic rings. The van der Waals surface area contributed by atoms with Crippen molar-refractivity contribution in [1.29, 1.82) is 0 Å². The summed E-state index contributed by atoms with van der Waals surface area (Å²) in [4.78, 5) is 34.5. The first-order valence-corrected chi connectivity index (χ1v) is 8.79. The standard InChI is InChI=1S/C16H21N5O4S/c1-9(22)25-8-2-7-19-16(24)20-15-12(14(18)23)13(21-26-15)10-3-5-11(17)6-4-10/h3,5H,2,4,6-8,17H2,1H3,(H2,18,23)(H2,19,20,24). The first-order chi connectivity index (χ1) is 12.4. The zero-order valence-corrected chi connectivity index (χ0v) is 15.1. The molecule has 0 atom stereocenters. The van der Waals surface area contributed by atoms with Gasteiger partial charge in [-0.2, -0.15) is 4.37 Å². The second kappa shape index (κ2) is 8.99. The molecule has 0 spiro atoms. The van der Waals surface area contributed by atoms with Gasteiger partial charge in [0.2, 0.25) is 0 Å². The van der Waals surface area contributed by atoms with Gasteiger partial charge in [-0.3, -0.25) is 14.9 Å². The molecule has 140 valence electrons. The molecule has 9 nitrogen and oxygen atoms in total. The molecule has 2 rings (SSSR count). The van der Waals surface area contributed by atoms with E-state index in [0.29, 0.717) is 31.5 Å². The number of nitrogens with zero attached hydrogens (tertiary/aromatic N) is 1. The van der Waals surface area contributed by atoms with Crippen molar-refractivity contribution in [2.45, 2.75) is 26.2 Å². The number of hydrogen-bond donors (Lipinski definition) is 4. The lowest BCUT2D eigenvalue weighted by molar-refractivity contribution is -0.140. The summed E-state index contributed by atoms with van der Waals surface area (Å²) in [6.45, 7) is 1.85. The summed E-state index contributed by atoms with van der Waals surface area (Å²) in [5, 5.41) is 5.49. The van der Waals surface area contributed by atoms with Gasteiger partial charge in [0.25, 0.3) is 5.91 Å². The number of amides is 3. The Labute approximate surface area is 154 Å². The summed E-state index contributed by atoms with van der Waals surface area (Å²) < 4.78 is 9.04. The number of anilines is 1. The Kier molecular flexibility index (Phi) is 6.73. The normalized spacial score (nSPS) is 13.4. The lowest BCUT2D eigenvalue weighted by Crippen LogP contribution is -2.30. The fourth-order valence-corrected chi connectivity index (χ4v) is 3.13. The molecule has 0 aliphatic heterocycles. The molecule has 26 heavy (non-hydrogen) atoms. The number of carbonyl (C=O) groups is 3. The summed E-state index contributed by atoms with van der Waals surface area (Å²) >= 11 is 0.990. The quantitative estimate of drug-likeness (QED) is 0.415. The van der Waals surface area contributed by atoms with Crippen LogP contribution < -0.4 is 22.1 Å². The summed E-state index contributed by atoms with van der Waals surface area (Å²) in [7, 11) is 0. The Morgan fingerprint density at radius 1 is 1.31 bits per heavy atom. The Morgan fingerprint density at radius 3 is 2.69 bits per heavy atom. The Balaban J connectivity index is 2.00. The van der Waals surface area contributed by atoms with Crippen LogP contribution >= 0.6 is 11.5 Å². The highest BCUT2D eigenvalue weighted by Crippen LogP contribution is 2.33. The van der Waals surface area contributed by atoms with Gasteiger partial charge in [0.15, 0.2) is 0 Å². The maximum absolute atomic E-state index is 12.0. The monoisotopic (exact) mass is 379 g/mol. The topological polar surface area (TPSA) is 149 Å². The molecule has 0 radical (unpaired) electrons. The van der Waals surface area contributed by atoms with E-state index in [1.807, 2.05) is 0 Å². The van der Waals surface area contributed by atoms with Crippen LogP contribution in [0.3, 0.4) is 0 Å². The number of primary amides is 1. The third kappa shape index (κ3) is 5.31. The number of carbonyl (C=O) groups excluding carboxylic acids is 3. The Hall–Kier alpha value is -2.88. The van der Waals surface area contributed by atoms with Crippen LogP contribution in [-0.2, 0) is 9.53 Å². The van der Waals surface area contributed by atoms with Crippen LogP contribution in [0.15, 0.2) is 17.8 Å². The van der Waals surface area contributed by atoms with E-state index >= 15 is 0 Å². The van der Waals surface area contributed by atoms with E-state index in [4.69, 9.17) is 16.2 Å². The largest absolute Gasteiger partial charge is 0.466 e. The van der Waals surface area contributed by atoms with Crippen LogP contribution in [0.5, 0.6) is 0 Å². The van der Waals surface area contributed by atoms with Gasteiger partial charge in [-0.1, -0.05) is 6.08 Å². The van der Waals surface area contributed by atoms with E-state index in [1.54, 1.807) is 12.2 Å². The molecule has 3 amide bonds. The maximum atomic E-state index is 12.0. The van der Waals surface area contributed by atoms with E-state index in [9.17, 15) is 14.4 Å². The number of hydrogen-bond acceptors (Lipinski definition) is 7. The van der Waals surface area contributed by atoms with Crippen LogP contribution in [0.25, 0.3) is 5.57 Å². The number of urea groups is 1.